The summed E-state index contributed by atoms with van der Waals surface area (Å²) in [5.41, 5.74) is 0.936. The summed E-state index contributed by atoms with van der Waals surface area (Å²) in [6.07, 6.45) is 0. The second-order valence-corrected chi connectivity index (χ2v) is 6.05. The Morgan fingerprint density at radius 1 is 1.20 bits per heavy atom. The average molecular weight is 257 g/mol. The van der Waals surface area contributed by atoms with Crippen molar-refractivity contribution in [3.8, 4) is 0 Å². The van der Waals surface area contributed by atoms with Gasteiger partial charge in [-0.05, 0) is 23.1 Å². The van der Waals surface area contributed by atoms with Gasteiger partial charge in [0.2, 0.25) is 0 Å². The zero-order valence-corrected chi connectivity index (χ0v) is 10.2. The third-order valence-corrected chi connectivity index (χ3v) is 5.00. The van der Waals surface area contributed by atoms with Gasteiger partial charge in [0.15, 0.2) is 0 Å². The molecule has 0 fully saturated rings. The minimum absolute atomic E-state index is 0.486. The molecule has 1 heterocycles. The maximum Gasteiger partial charge on any atom is 0.0913 e. The molecule has 1 aromatic carbocycles. The van der Waals surface area contributed by atoms with Gasteiger partial charge in [0.25, 0.3) is 0 Å². The molecular formula is C11H9ClOS2. The highest BCUT2D eigenvalue weighted by Crippen LogP contribution is 2.21. The van der Waals surface area contributed by atoms with Crippen LogP contribution in [0.3, 0.4) is 0 Å². The van der Waals surface area contributed by atoms with Crippen LogP contribution in [0, 0.1) is 0 Å². The molecule has 4 heteroatoms. The van der Waals surface area contributed by atoms with E-state index in [1.54, 1.807) is 0 Å². The number of halogens is 1. The van der Waals surface area contributed by atoms with E-state index in [9.17, 15) is 4.21 Å². The van der Waals surface area contributed by atoms with Gasteiger partial charge in [-0.25, -0.2) is 0 Å². The predicted octanol–water partition coefficient (Wildman–Crippen LogP) is 3.71. The smallest absolute Gasteiger partial charge is 0.0913 e. The van der Waals surface area contributed by atoms with E-state index in [2.05, 4.69) is 0 Å². The minimum atomic E-state index is -0.979. The summed E-state index contributed by atoms with van der Waals surface area (Å²) in [4.78, 5) is 0. The molecule has 0 radical (unpaired) electrons. The molecule has 78 valence electrons. The Bertz CT molecular complexity index is 465. The maximum atomic E-state index is 11.9. The van der Waals surface area contributed by atoms with Gasteiger partial charge in [0.1, 0.15) is 0 Å². The van der Waals surface area contributed by atoms with E-state index < -0.39 is 10.8 Å². The third kappa shape index (κ3) is 2.68. The van der Waals surface area contributed by atoms with Crippen LogP contribution in [0.15, 0.2) is 46.0 Å². The van der Waals surface area contributed by atoms with Crippen LogP contribution in [0.1, 0.15) is 5.56 Å². The Balaban J connectivity index is 2.17. The van der Waals surface area contributed by atoms with Crippen molar-refractivity contribution in [3.63, 3.8) is 0 Å². The molecule has 1 atom stereocenters. The highest BCUT2D eigenvalue weighted by atomic mass is 35.5. The van der Waals surface area contributed by atoms with Crippen molar-refractivity contribution in [1.29, 1.82) is 0 Å². The van der Waals surface area contributed by atoms with Crippen LogP contribution < -0.4 is 0 Å². The van der Waals surface area contributed by atoms with Crippen LogP contribution in [0.25, 0.3) is 0 Å². The summed E-state index contributed by atoms with van der Waals surface area (Å²) in [7, 11) is -0.979. The Kier molecular flexibility index (Phi) is 3.57. The van der Waals surface area contributed by atoms with E-state index in [4.69, 9.17) is 11.6 Å². The molecule has 1 unspecified atom stereocenters. The van der Waals surface area contributed by atoms with Gasteiger partial charge in [-0.2, -0.15) is 0 Å². The lowest BCUT2D eigenvalue weighted by Gasteiger charge is -2.02. The van der Waals surface area contributed by atoms with E-state index in [1.807, 2.05) is 41.8 Å². The fourth-order valence-corrected chi connectivity index (χ4v) is 3.63. The van der Waals surface area contributed by atoms with Gasteiger partial charge in [-0.15, -0.1) is 11.3 Å². The van der Waals surface area contributed by atoms with Crippen LogP contribution >= 0.6 is 22.9 Å². The summed E-state index contributed by atoms with van der Waals surface area (Å²) in [6, 6.07) is 11.3. The summed E-state index contributed by atoms with van der Waals surface area (Å²) in [5.74, 6) is 0.486. The largest absolute Gasteiger partial charge is 0.253 e. The summed E-state index contributed by atoms with van der Waals surface area (Å²) < 4.78 is 12.8. The number of hydrogen-bond donors (Lipinski definition) is 0. The highest BCUT2D eigenvalue weighted by Gasteiger charge is 2.07. The van der Waals surface area contributed by atoms with Gasteiger partial charge in [-0.1, -0.05) is 35.9 Å². The molecule has 2 aromatic rings. The van der Waals surface area contributed by atoms with E-state index in [0.717, 1.165) is 9.77 Å². The van der Waals surface area contributed by atoms with Gasteiger partial charge >= 0.3 is 0 Å². The van der Waals surface area contributed by atoms with Crippen LogP contribution in [0.5, 0.6) is 0 Å². The van der Waals surface area contributed by atoms with Crippen molar-refractivity contribution < 1.29 is 4.21 Å². The quantitative estimate of drug-likeness (QED) is 0.818. The Morgan fingerprint density at radius 2 is 2.00 bits per heavy atom. The molecule has 2 rings (SSSR count). The van der Waals surface area contributed by atoms with Gasteiger partial charge in [-0.3, -0.25) is 4.21 Å². The second kappa shape index (κ2) is 4.92. The number of hydrogen-bond acceptors (Lipinski definition) is 2. The first kappa shape index (κ1) is 10.9. The molecule has 0 aliphatic rings. The summed E-state index contributed by atoms with van der Waals surface area (Å²) in [5, 5.41) is 2.61. The van der Waals surface area contributed by atoms with Crippen LogP contribution in [0.4, 0.5) is 0 Å². The van der Waals surface area contributed by atoms with E-state index in [0.29, 0.717) is 10.8 Å². The molecule has 1 nitrogen and oxygen atoms in total. The first-order chi connectivity index (χ1) is 7.27. The standard InChI is InChI=1S/C11H9ClOS2/c12-10-5-2-1-4-9(10)8-15(13)11-6-3-7-14-11/h1-7H,8H2. The minimum Gasteiger partial charge on any atom is -0.253 e. The number of rotatable bonds is 3. The van der Waals surface area contributed by atoms with Crippen molar-refractivity contribution in [2.45, 2.75) is 9.96 Å². The fraction of sp³-hybridized carbons (Fsp3) is 0.0909. The van der Waals surface area contributed by atoms with Crippen molar-refractivity contribution >= 4 is 33.7 Å². The lowest BCUT2D eigenvalue weighted by molar-refractivity contribution is 0.684. The summed E-state index contributed by atoms with van der Waals surface area (Å²) >= 11 is 7.51. The summed E-state index contributed by atoms with van der Waals surface area (Å²) in [6.45, 7) is 0. The molecule has 0 saturated carbocycles. The lowest BCUT2D eigenvalue weighted by Crippen LogP contribution is -1.94. The van der Waals surface area contributed by atoms with Crippen molar-refractivity contribution in [2.75, 3.05) is 0 Å². The number of benzene rings is 1. The fourth-order valence-electron chi connectivity index (χ4n) is 1.22. The lowest BCUT2D eigenvalue weighted by atomic mass is 10.2. The molecular weight excluding hydrogens is 248 g/mol. The zero-order chi connectivity index (χ0) is 10.7. The van der Waals surface area contributed by atoms with Crippen LogP contribution in [-0.2, 0) is 16.6 Å². The molecule has 1 aromatic heterocycles. The highest BCUT2D eigenvalue weighted by molar-refractivity contribution is 7.86. The zero-order valence-electron chi connectivity index (χ0n) is 7.85. The van der Waals surface area contributed by atoms with E-state index in [-0.39, 0.29) is 0 Å². The Hall–Kier alpha value is -0.640. The molecule has 0 saturated heterocycles. The molecule has 0 spiro atoms. The first-order valence-electron chi connectivity index (χ1n) is 4.42. The molecule has 0 amide bonds. The average Bonchev–Trinajstić information content (AvgIpc) is 2.74. The van der Waals surface area contributed by atoms with Crippen LogP contribution in [0.2, 0.25) is 5.02 Å². The second-order valence-electron chi connectivity index (χ2n) is 3.01. The van der Waals surface area contributed by atoms with Crippen molar-refractivity contribution in [2.24, 2.45) is 0 Å². The van der Waals surface area contributed by atoms with Crippen LogP contribution in [-0.4, -0.2) is 4.21 Å². The molecule has 15 heavy (non-hydrogen) atoms. The molecule has 0 N–H and O–H groups in total. The van der Waals surface area contributed by atoms with Gasteiger partial charge in [0, 0.05) is 5.02 Å². The van der Waals surface area contributed by atoms with Crippen molar-refractivity contribution in [1.82, 2.24) is 0 Å². The Labute approximate surface area is 100 Å². The monoisotopic (exact) mass is 256 g/mol. The molecule has 0 bridgehead atoms. The number of thiophene rings is 1. The van der Waals surface area contributed by atoms with E-state index >= 15 is 0 Å². The van der Waals surface area contributed by atoms with Gasteiger partial charge in [0.05, 0.1) is 20.8 Å². The SMILES string of the molecule is O=S(Cc1ccccc1Cl)c1cccs1. The maximum absolute atomic E-state index is 11.9. The third-order valence-electron chi connectivity index (χ3n) is 1.96. The normalized spacial score (nSPS) is 12.6. The molecule has 0 aliphatic carbocycles. The topological polar surface area (TPSA) is 17.1 Å². The van der Waals surface area contributed by atoms with E-state index in [1.165, 1.54) is 11.3 Å². The Morgan fingerprint density at radius 3 is 2.67 bits per heavy atom. The van der Waals surface area contributed by atoms with Crippen molar-refractivity contribution in [3.05, 3.63) is 52.4 Å². The molecule has 0 aliphatic heterocycles. The predicted molar refractivity (Wildman–Crippen MR) is 65.9 cm³/mol. The first-order valence-corrected chi connectivity index (χ1v) is 7.00. The van der Waals surface area contributed by atoms with Gasteiger partial charge < -0.3 is 0 Å².